The van der Waals surface area contributed by atoms with Crippen LogP contribution in [0, 0.1) is 0 Å². The average molecular weight is 842 g/mol. The number of amides is 8. The van der Waals surface area contributed by atoms with Crippen LogP contribution >= 0.6 is 0 Å². The fourth-order valence-electron chi connectivity index (χ4n) is 2.99. The molecule has 0 aromatic heterocycles. The van der Waals surface area contributed by atoms with Crippen LogP contribution < -0.4 is 11.1 Å². The Balaban J connectivity index is 0. The van der Waals surface area contributed by atoms with Crippen LogP contribution in [0.3, 0.4) is 0 Å². The van der Waals surface area contributed by atoms with Gasteiger partial charge in [-0.15, -0.1) is 0 Å². The summed E-state index contributed by atoms with van der Waals surface area (Å²) in [4.78, 5) is 104. The second-order valence-corrected chi connectivity index (χ2v) is 9.58. The fraction of sp³-hybridized carbons (Fsp3) is 0.667. The van der Waals surface area contributed by atoms with Gasteiger partial charge < -0.3 is 50.1 Å². The van der Waals surface area contributed by atoms with Crippen LogP contribution in [0.1, 0.15) is 0 Å². The maximum absolute atomic E-state index is 12.6. The van der Waals surface area contributed by atoms with E-state index in [0.29, 0.717) is 0 Å². The summed E-state index contributed by atoms with van der Waals surface area (Å²) in [5.74, 6) is -3.54. The SMILES string of the molecule is CN([C-]=O)CC(=O)N(C)CC(=O)N(C)CC(=O)N(C)CC(=O)N(C)CC(=O)N(C)CC(=O)N(C)CC(=O)NCCN.[Fm]. The van der Waals surface area contributed by atoms with Crippen LogP contribution in [0.25, 0.3) is 0 Å². The van der Waals surface area contributed by atoms with Gasteiger partial charge in [-0.25, -0.2) is 0 Å². The zero-order valence-electron chi connectivity index (χ0n) is 25.1. The topological polar surface area (TPSA) is 197 Å². The third-order valence-corrected chi connectivity index (χ3v) is 5.79. The van der Waals surface area contributed by atoms with E-state index in [2.05, 4.69) is 5.32 Å². The maximum Gasteiger partial charge on any atom is 0.242 e. The van der Waals surface area contributed by atoms with Crippen LogP contribution in [0.5, 0.6) is 0 Å². The van der Waals surface area contributed by atoms with Crippen LogP contribution in [0.2, 0.25) is 0 Å². The number of carbonyl (C=O) groups is 7. The summed E-state index contributed by atoms with van der Waals surface area (Å²) in [5, 5.41) is 2.53. The molecule has 0 spiro atoms. The quantitative estimate of drug-likeness (QED) is 0.106. The molecule has 0 bridgehead atoms. The average Bonchev–Trinajstić information content (AvgIpc) is 2.90. The molecule has 0 heterocycles. The Morgan fingerprint density at radius 3 is 1.05 bits per heavy atom. The Hall–Kier alpha value is -5.28. The Bertz CT molecular complexity index is 984. The first kappa shape index (κ1) is 38.9. The molecule has 3 N–H and O–H groups in total. The zero-order valence-corrected chi connectivity index (χ0v) is 27.5. The minimum Gasteiger partial charge on any atom is -0.520 e. The number of nitrogens with zero attached hydrogens (tertiary/aromatic N) is 7. The second kappa shape index (κ2) is 18.9. The molecular weight excluding hydrogens is 799 g/mol. The van der Waals surface area contributed by atoms with Gasteiger partial charge in [0.1, 0.15) is 0 Å². The molecule has 244 valence electrons. The van der Waals surface area contributed by atoms with E-state index in [0.717, 1.165) is 34.3 Å². The molecule has 0 saturated carbocycles. The van der Waals surface area contributed by atoms with E-state index in [1.807, 2.05) is 0 Å². The van der Waals surface area contributed by atoms with Gasteiger partial charge in [0.25, 0.3) is 0 Å². The molecule has 18 heteroatoms. The predicted molar refractivity (Wildman–Crippen MR) is 146 cm³/mol. The molecule has 42 heavy (non-hydrogen) atoms. The summed E-state index contributed by atoms with van der Waals surface area (Å²) in [5.41, 5.74) is 5.31. The summed E-state index contributed by atoms with van der Waals surface area (Å²) in [6.07, 6.45) is 1.53. The second-order valence-electron chi connectivity index (χ2n) is 9.58. The fourth-order valence-corrected chi connectivity index (χ4v) is 2.99. The summed E-state index contributed by atoms with van der Waals surface area (Å²) in [7, 11) is 9.64. The smallest absolute Gasteiger partial charge is 0.242 e. The third-order valence-electron chi connectivity index (χ3n) is 5.79. The number of rotatable bonds is 17. The Kier molecular flexibility index (Phi) is 17.5. The van der Waals surface area contributed by atoms with Crippen molar-refractivity contribution in [2.75, 3.05) is 108 Å². The molecule has 0 aromatic rings. The molecule has 0 aromatic carbocycles. The normalized spacial score (nSPS) is 9.90. The summed E-state index contributed by atoms with van der Waals surface area (Å²) in [6, 6.07) is 0. The summed E-state index contributed by atoms with van der Waals surface area (Å²) < 4.78 is 0. The van der Waals surface area contributed by atoms with E-state index in [9.17, 15) is 38.4 Å². The first-order valence-corrected chi connectivity index (χ1v) is 12.5. The largest absolute Gasteiger partial charge is 0.520 e. The minimum absolute atomic E-state index is 0. The molecule has 0 aliphatic rings. The number of hydrogen-bond acceptors (Lipinski definition) is 9. The van der Waals surface area contributed by atoms with Gasteiger partial charge in [0.05, 0.1) is 45.8 Å². The monoisotopic (exact) mass is 841 g/mol. The standard InChI is InChI=1S/C24H42N9O8.Fm/c1-27(17-34)11-19(36)29(3)13-21(38)31(5)15-23(40)33(7)16-24(41)32(6)14-22(39)30(4)12-20(37)28(2)10-18(35)26-9-8-25;/h8-16,25H2,1-7H3,(H,26,35);/q-1;. The molecule has 0 radical (unpaired) electrons. The van der Waals surface area contributed by atoms with Crippen LogP contribution in [-0.4, -0.2) is 190 Å². The Morgan fingerprint density at radius 2 is 0.786 bits per heavy atom. The molecule has 0 unspecified atom stereocenters. The van der Waals surface area contributed by atoms with Gasteiger partial charge in [-0.1, -0.05) is 0 Å². The van der Waals surface area contributed by atoms with E-state index in [4.69, 9.17) is 5.73 Å². The number of carbonyl (C=O) groups excluding carboxylic acids is 8. The molecule has 0 fully saturated rings. The Labute approximate surface area is 240 Å². The van der Waals surface area contributed by atoms with Crippen molar-refractivity contribution < 1.29 is 38.4 Å². The molecule has 0 rings (SSSR count). The van der Waals surface area contributed by atoms with Gasteiger partial charge in [-0.05, 0) is 7.05 Å². The third kappa shape index (κ3) is 14.2. The van der Waals surface area contributed by atoms with Crippen molar-refractivity contribution in [1.82, 2.24) is 39.6 Å². The van der Waals surface area contributed by atoms with E-state index in [1.54, 1.807) is 0 Å². The molecular formula is C24H42FmN9O8-. The maximum atomic E-state index is 12.6. The molecule has 0 saturated heterocycles. The van der Waals surface area contributed by atoms with Gasteiger partial charge in [-0.2, -0.15) is 6.41 Å². The minimum atomic E-state index is -0.557. The van der Waals surface area contributed by atoms with Crippen molar-refractivity contribution >= 4 is 47.8 Å². The van der Waals surface area contributed by atoms with Crippen molar-refractivity contribution in [3.05, 3.63) is 0 Å². The van der Waals surface area contributed by atoms with Crippen molar-refractivity contribution in [3.8, 4) is 0 Å². The van der Waals surface area contributed by atoms with E-state index in [-0.39, 0.29) is 64.8 Å². The van der Waals surface area contributed by atoms with Crippen LogP contribution in [0.4, 0.5) is 0 Å². The van der Waals surface area contributed by atoms with E-state index in [1.165, 1.54) is 55.7 Å². The number of likely N-dealkylation sites (N-methyl/N-ethyl adjacent to an activating group) is 7. The van der Waals surface area contributed by atoms with Crippen molar-refractivity contribution in [3.63, 3.8) is 0 Å². The van der Waals surface area contributed by atoms with Crippen LogP contribution in [0.15, 0.2) is 0 Å². The van der Waals surface area contributed by atoms with Gasteiger partial charge in [-0.3, -0.25) is 33.6 Å². The van der Waals surface area contributed by atoms with Crippen molar-refractivity contribution in [2.24, 2.45) is 5.73 Å². The Morgan fingerprint density at radius 1 is 0.524 bits per heavy atom. The number of nitrogens with two attached hydrogens (primary N) is 1. The predicted octanol–water partition coefficient (Wildman–Crippen LogP) is -5.19. The first-order valence-electron chi connectivity index (χ1n) is 12.5. The summed E-state index contributed by atoms with van der Waals surface area (Å²) in [6.45, 7) is -1.65. The molecule has 0 aliphatic heterocycles. The van der Waals surface area contributed by atoms with Gasteiger partial charge in [0.15, 0.2) is 0 Å². The van der Waals surface area contributed by atoms with Gasteiger partial charge in [0, 0.05) is 55.4 Å². The van der Waals surface area contributed by atoms with Crippen molar-refractivity contribution in [2.45, 2.75) is 0 Å². The van der Waals surface area contributed by atoms with Gasteiger partial charge in [0.2, 0.25) is 41.4 Å². The molecule has 8 amide bonds. The van der Waals surface area contributed by atoms with Gasteiger partial charge >= 0.3 is 0 Å². The molecule has 0 atom stereocenters. The van der Waals surface area contributed by atoms with E-state index >= 15 is 0 Å². The van der Waals surface area contributed by atoms with Crippen molar-refractivity contribution in [1.29, 1.82) is 0 Å². The zero-order chi connectivity index (χ0) is 31.9. The molecule has 0 aliphatic carbocycles. The number of nitrogens with one attached hydrogen (secondary N) is 1. The molecule has 17 nitrogen and oxygen atoms in total. The number of hydrogen-bond donors (Lipinski definition) is 2. The summed E-state index contributed by atoms with van der Waals surface area (Å²) >= 11 is 0. The van der Waals surface area contributed by atoms with E-state index < -0.39 is 35.4 Å². The van der Waals surface area contributed by atoms with Crippen LogP contribution in [-0.2, 0) is 38.4 Å². The first-order chi connectivity index (χ1) is 19.0.